The Morgan fingerprint density at radius 2 is 2.31 bits per heavy atom. The predicted molar refractivity (Wildman–Crippen MR) is 65.7 cm³/mol. The summed E-state index contributed by atoms with van der Waals surface area (Å²) >= 11 is 3.38. The van der Waals surface area contributed by atoms with Gasteiger partial charge in [0, 0.05) is 0 Å². The summed E-state index contributed by atoms with van der Waals surface area (Å²) in [4.78, 5) is 0. The molecule has 84 valence electrons. The SMILES string of the molecule is C=CCOc1cc(CC#N)cc(Br)c1OC. The van der Waals surface area contributed by atoms with E-state index in [0.29, 0.717) is 24.5 Å². The second-order valence-corrected chi connectivity index (χ2v) is 3.90. The van der Waals surface area contributed by atoms with E-state index in [1.807, 2.05) is 6.07 Å². The van der Waals surface area contributed by atoms with Crippen molar-refractivity contribution < 1.29 is 9.47 Å². The zero-order chi connectivity index (χ0) is 12.0. The molecule has 0 spiro atoms. The van der Waals surface area contributed by atoms with Gasteiger partial charge in [-0.2, -0.15) is 5.26 Å². The summed E-state index contributed by atoms with van der Waals surface area (Å²) < 4.78 is 11.5. The van der Waals surface area contributed by atoms with Gasteiger partial charge >= 0.3 is 0 Å². The van der Waals surface area contributed by atoms with Crippen LogP contribution in [-0.4, -0.2) is 13.7 Å². The van der Waals surface area contributed by atoms with Crippen LogP contribution in [0.5, 0.6) is 11.5 Å². The lowest BCUT2D eigenvalue weighted by Crippen LogP contribution is -1.98. The van der Waals surface area contributed by atoms with Crippen molar-refractivity contribution in [2.45, 2.75) is 6.42 Å². The van der Waals surface area contributed by atoms with E-state index < -0.39 is 0 Å². The molecule has 0 aliphatic rings. The van der Waals surface area contributed by atoms with Crippen molar-refractivity contribution in [2.75, 3.05) is 13.7 Å². The molecule has 3 nitrogen and oxygen atoms in total. The van der Waals surface area contributed by atoms with Gasteiger partial charge in [-0.15, -0.1) is 0 Å². The topological polar surface area (TPSA) is 42.2 Å². The van der Waals surface area contributed by atoms with Gasteiger partial charge < -0.3 is 9.47 Å². The minimum absolute atomic E-state index is 0.340. The smallest absolute Gasteiger partial charge is 0.174 e. The molecule has 0 bridgehead atoms. The van der Waals surface area contributed by atoms with Crippen molar-refractivity contribution >= 4 is 15.9 Å². The minimum atomic E-state index is 0.340. The fourth-order valence-corrected chi connectivity index (χ4v) is 1.92. The second-order valence-electron chi connectivity index (χ2n) is 3.04. The average Bonchev–Trinajstić information content (AvgIpc) is 2.26. The highest BCUT2D eigenvalue weighted by Crippen LogP contribution is 2.36. The summed E-state index contributed by atoms with van der Waals surface area (Å²) in [6, 6.07) is 5.75. The number of benzene rings is 1. The van der Waals surface area contributed by atoms with Gasteiger partial charge in [0.25, 0.3) is 0 Å². The molecule has 0 fully saturated rings. The molecule has 0 aliphatic carbocycles. The normalized spacial score (nSPS) is 9.31. The van der Waals surface area contributed by atoms with Crippen LogP contribution in [0.15, 0.2) is 29.3 Å². The van der Waals surface area contributed by atoms with Gasteiger partial charge in [-0.1, -0.05) is 12.7 Å². The van der Waals surface area contributed by atoms with E-state index in [9.17, 15) is 0 Å². The molecular formula is C12H12BrNO2. The first kappa shape index (κ1) is 12.6. The first-order valence-corrected chi connectivity index (χ1v) is 5.49. The van der Waals surface area contributed by atoms with Gasteiger partial charge in [0.2, 0.25) is 0 Å². The van der Waals surface area contributed by atoms with Gasteiger partial charge in [0.05, 0.1) is 24.1 Å². The van der Waals surface area contributed by atoms with Crippen LogP contribution in [0, 0.1) is 11.3 Å². The second kappa shape index (κ2) is 6.19. The van der Waals surface area contributed by atoms with Crippen molar-refractivity contribution in [3.63, 3.8) is 0 Å². The number of ether oxygens (including phenoxy) is 2. The zero-order valence-corrected chi connectivity index (χ0v) is 10.6. The van der Waals surface area contributed by atoms with E-state index in [0.717, 1.165) is 10.0 Å². The van der Waals surface area contributed by atoms with E-state index in [2.05, 4.69) is 28.6 Å². The lowest BCUT2D eigenvalue weighted by molar-refractivity contribution is 0.325. The molecule has 0 N–H and O–H groups in total. The van der Waals surface area contributed by atoms with Crippen molar-refractivity contribution in [1.82, 2.24) is 0 Å². The summed E-state index contributed by atoms with van der Waals surface area (Å²) in [5.74, 6) is 1.24. The van der Waals surface area contributed by atoms with E-state index in [1.165, 1.54) is 0 Å². The molecule has 0 heterocycles. The van der Waals surface area contributed by atoms with Crippen molar-refractivity contribution in [3.8, 4) is 17.6 Å². The molecule has 1 aromatic rings. The van der Waals surface area contributed by atoms with Crippen molar-refractivity contribution in [2.24, 2.45) is 0 Å². The number of hydrogen-bond acceptors (Lipinski definition) is 3. The number of rotatable bonds is 5. The van der Waals surface area contributed by atoms with Crippen molar-refractivity contribution in [1.29, 1.82) is 5.26 Å². The zero-order valence-electron chi connectivity index (χ0n) is 9.00. The van der Waals surface area contributed by atoms with Crippen LogP contribution in [0.1, 0.15) is 5.56 Å². The molecule has 0 amide bonds. The molecule has 0 aromatic heterocycles. The molecular weight excluding hydrogens is 270 g/mol. The van der Waals surface area contributed by atoms with Gasteiger partial charge in [0.15, 0.2) is 11.5 Å². The maximum absolute atomic E-state index is 8.65. The number of methoxy groups -OCH3 is 1. The fraction of sp³-hybridized carbons (Fsp3) is 0.250. The molecule has 0 aliphatic heterocycles. The van der Waals surface area contributed by atoms with Crippen molar-refractivity contribution in [3.05, 3.63) is 34.8 Å². The molecule has 0 saturated carbocycles. The average molecular weight is 282 g/mol. The Morgan fingerprint density at radius 3 is 2.88 bits per heavy atom. The van der Waals surface area contributed by atoms with Gasteiger partial charge in [0.1, 0.15) is 6.61 Å². The van der Waals surface area contributed by atoms with Gasteiger partial charge in [-0.3, -0.25) is 0 Å². The van der Waals surface area contributed by atoms with Gasteiger partial charge in [-0.25, -0.2) is 0 Å². The lowest BCUT2D eigenvalue weighted by Gasteiger charge is -2.12. The lowest BCUT2D eigenvalue weighted by atomic mass is 10.1. The fourth-order valence-electron chi connectivity index (χ4n) is 1.27. The molecule has 0 saturated heterocycles. The van der Waals surface area contributed by atoms with Crippen LogP contribution < -0.4 is 9.47 Å². The Balaban J connectivity index is 3.09. The van der Waals surface area contributed by atoms with Crippen LogP contribution in [0.4, 0.5) is 0 Å². The maximum atomic E-state index is 8.65. The summed E-state index contributed by atoms with van der Waals surface area (Å²) in [5, 5.41) is 8.65. The number of nitriles is 1. The minimum Gasteiger partial charge on any atom is -0.492 e. The predicted octanol–water partition coefficient (Wildman–Crippen LogP) is 3.09. The Hall–Kier alpha value is -1.47. The largest absolute Gasteiger partial charge is 0.492 e. The highest BCUT2D eigenvalue weighted by Gasteiger charge is 2.10. The summed E-state index contributed by atoms with van der Waals surface area (Å²) in [5.41, 5.74) is 0.884. The molecule has 1 rings (SSSR count). The monoisotopic (exact) mass is 281 g/mol. The van der Waals surface area contributed by atoms with E-state index in [-0.39, 0.29) is 0 Å². The molecule has 16 heavy (non-hydrogen) atoms. The van der Waals surface area contributed by atoms with E-state index in [4.69, 9.17) is 14.7 Å². The number of halogens is 1. The molecule has 0 atom stereocenters. The number of nitrogens with zero attached hydrogens (tertiary/aromatic N) is 1. The van der Waals surface area contributed by atoms with Crippen LogP contribution in [-0.2, 0) is 6.42 Å². The molecule has 4 heteroatoms. The first-order chi connectivity index (χ1) is 7.72. The third-order valence-corrected chi connectivity index (χ3v) is 2.50. The Kier molecular flexibility index (Phi) is 4.87. The van der Waals surface area contributed by atoms with Crippen LogP contribution in [0.25, 0.3) is 0 Å². The molecule has 1 aromatic carbocycles. The van der Waals surface area contributed by atoms with Crippen LogP contribution in [0.3, 0.4) is 0 Å². The first-order valence-electron chi connectivity index (χ1n) is 4.70. The Labute approximate surface area is 103 Å². The third kappa shape index (κ3) is 3.01. The van der Waals surface area contributed by atoms with E-state index >= 15 is 0 Å². The molecule has 0 unspecified atom stereocenters. The standard InChI is InChI=1S/C12H12BrNO2/c1-3-6-16-11-8-9(4-5-14)7-10(13)12(11)15-2/h3,7-8H,1,4,6H2,2H3. The maximum Gasteiger partial charge on any atom is 0.174 e. The number of hydrogen-bond donors (Lipinski definition) is 0. The Morgan fingerprint density at radius 1 is 1.56 bits per heavy atom. The highest BCUT2D eigenvalue weighted by atomic mass is 79.9. The summed E-state index contributed by atoms with van der Waals surface area (Å²) in [7, 11) is 1.57. The molecule has 0 radical (unpaired) electrons. The third-order valence-electron chi connectivity index (χ3n) is 1.91. The van der Waals surface area contributed by atoms with Crippen LogP contribution in [0.2, 0.25) is 0 Å². The highest BCUT2D eigenvalue weighted by molar-refractivity contribution is 9.10. The van der Waals surface area contributed by atoms with E-state index in [1.54, 1.807) is 19.3 Å². The quantitative estimate of drug-likeness (QED) is 0.779. The van der Waals surface area contributed by atoms with Gasteiger partial charge in [-0.05, 0) is 33.6 Å². The van der Waals surface area contributed by atoms with Crippen LogP contribution >= 0.6 is 15.9 Å². The Bertz CT molecular complexity index is 424. The summed E-state index contributed by atoms with van der Waals surface area (Å²) in [6.45, 7) is 3.98. The summed E-state index contributed by atoms with van der Waals surface area (Å²) in [6.07, 6.45) is 2.00.